The van der Waals surface area contributed by atoms with E-state index in [1.807, 2.05) is 24.5 Å². The highest BCUT2D eigenvalue weighted by atomic mass is 19.1. The molecule has 1 fully saturated rings. The maximum Gasteiger partial charge on any atom is 0.332 e. The van der Waals surface area contributed by atoms with E-state index >= 15 is 0 Å². The molecule has 1 aromatic carbocycles. The zero-order chi connectivity index (χ0) is 22.1. The molecule has 9 heteroatoms. The smallest absolute Gasteiger partial charge is 0.332 e. The molecular weight excluding hydrogens is 399 g/mol. The molecule has 0 bridgehead atoms. The van der Waals surface area contributed by atoms with Crippen LogP contribution in [0.15, 0.2) is 45.5 Å². The number of allylic oxidation sites excluding steroid dienone is 2. The first kappa shape index (κ1) is 21.0. The maximum atomic E-state index is 14.2. The number of halogens is 1. The van der Waals surface area contributed by atoms with Crippen molar-refractivity contribution in [3.05, 3.63) is 68.1 Å². The Morgan fingerprint density at radius 3 is 2.55 bits per heavy atom. The van der Waals surface area contributed by atoms with Gasteiger partial charge in [-0.3, -0.25) is 13.9 Å². The number of hydrogen-bond donors (Lipinski definition) is 1. The van der Waals surface area contributed by atoms with Gasteiger partial charge in [0.2, 0.25) is 5.95 Å². The van der Waals surface area contributed by atoms with E-state index < -0.39 is 17.1 Å². The Morgan fingerprint density at radius 2 is 1.87 bits per heavy atom. The van der Waals surface area contributed by atoms with Crippen LogP contribution in [0.3, 0.4) is 0 Å². The van der Waals surface area contributed by atoms with Crippen LogP contribution >= 0.6 is 0 Å². The van der Waals surface area contributed by atoms with Crippen LogP contribution in [0.4, 0.5) is 10.3 Å². The van der Waals surface area contributed by atoms with Gasteiger partial charge in [0.05, 0.1) is 6.54 Å². The molecule has 1 N–H and O–H groups in total. The number of imidazole rings is 1. The molecule has 0 aliphatic carbocycles. The summed E-state index contributed by atoms with van der Waals surface area (Å²) < 4.78 is 18.6. The number of hydrogen-bond acceptors (Lipinski definition) is 5. The number of nitrogens with zero attached hydrogens (tertiary/aromatic N) is 5. The predicted molar refractivity (Wildman–Crippen MR) is 119 cm³/mol. The second-order valence-electron chi connectivity index (χ2n) is 8.04. The molecule has 1 saturated heterocycles. The Labute approximate surface area is 179 Å². The number of anilines is 1. The van der Waals surface area contributed by atoms with Crippen molar-refractivity contribution < 1.29 is 4.39 Å². The molecule has 3 aromatic rings. The third kappa shape index (κ3) is 3.93. The lowest BCUT2D eigenvalue weighted by atomic mass is 10.2. The summed E-state index contributed by atoms with van der Waals surface area (Å²) in [7, 11) is 1.60. The van der Waals surface area contributed by atoms with Gasteiger partial charge in [-0.15, -0.1) is 0 Å². The molecule has 0 amide bonds. The van der Waals surface area contributed by atoms with Crippen molar-refractivity contribution in [2.24, 2.45) is 7.05 Å². The number of nitrogens with one attached hydrogen (secondary N) is 1. The van der Waals surface area contributed by atoms with E-state index in [-0.39, 0.29) is 6.54 Å². The lowest BCUT2D eigenvalue weighted by Gasteiger charge is -2.28. The summed E-state index contributed by atoms with van der Waals surface area (Å²) >= 11 is 0. The fourth-order valence-electron chi connectivity index (χ4n) is 3.85. The minimum Gasteiger partial charge on any atom is -0.340 e. The molecule has 0 spiro atoms. The Balaban J connectivity index is 1.95. The number of benzene rings is 1. The van der Waals surface area contributed by atoms with Crippen LogP contribution in [0.25, 0.3) is 11.2 Å². The molecule has 0 atom stereocenters. The summed E-state index contributed by atoms with van der Waals surface area (Å²) in [6.07, 6.45) is 2.03. The van der Waals surface area contributed by atoms with Gasteiger partial charge >= 0.3 is 5.69 Å². The molecule has 8 nitrogen and oxygen atoms in total. The Bertz CT molecular complexity index is 1260. The predicted octanol–water partition coefficient (Wildman–Crippen LogP) is 1.46. The Hall–Kier alpha value is -3.20. The topological polar surface area (TPSA) is 77.1 Å². The third-order valence-electron chi connectivity index (χ3n) is 5.58. The lowest BCUT2D eigenvalue weighted by Crippen LogP contribution is -2.44. The second kappa shape index (κ2) is 8.50. The number of rotatable bonds is 5. The van der Waals surface area contributed by atoms with Crippen molar-refractivity contribution in [1.82, 2.24) is 24.0 Å². The van der Waals surface area contributed by atoms with E-state index in [0.29, 0.717) is 29.2 Å². The SMILES string of the molecule is CC(C)=CCn1c(N2CCNCC2)nc2c1c(=O)n(Cc1ccccc1F)c(=O)n2C. The van der Waals surface area contributed by atoms with Crippen molar-refractivity contribution in [3.8, 4) is 0 Å². The quantitative estimate of drug-likeness (QED) is 0.625. The minimum absolute atomic E-state index is 0.134. The van der Waals surface area contributed by atoms with Gasteiger partial charge in [-0.25, -0.2) is 9.18 Å². The van der Waals surface area contributed by atoms with Gasteiger partial charge in [0, 0.05) is 45.3 Å². The normalized spacial score (nSPS) is 14.3. The molecule has 1 aliphatic heterocycles. The zero-order valence-corrected chi connectivity index (χ0v) is 18.1. The summed E-state index contributed by atoms with van der Waals surface area (Å²) in [5, 5.41) is 3.31. The first-order valence-electron chi connectivity index (χ1n) is 10.4. The zero-order valence-electron chi connectivity index (χ0n) is 18.1. The van der Waals surface area contributed by atoms with Crippen LogP contribution in [0.1, 0.15) is 19.4 Å². The average molecular weight is 426 g/mol. The van der Waals surface area contributed by atoms with E-state index in [1.54, 1.807) is 25.2 Å². The fraction of sp³-hybridized carbons (Fsp3) is 0.409. The lowest BCUT2D eigenvalue weighted by molar-refractivity contribution is 0.571. The molecule has 4 rings (SSSR count). The molecule has 31 heavy (non-hydrogen) atoms. The number of piperazine rings is 1. The van der Waals surface area contributed by atoms with Crippen LogP contribution in [0.5, 0.6) is 0 Å². The summed E-state index contributed by atoms with van der Waals surface area (Å²) in [6.45, 7) is 7.48. The number of aromatic nitrogens is 4. The molecule has 0 radical (unpaired) electrons. The fourth-order valence-corrected chi connectivity index (χ4v) is 3.85. The van der Waals surface area contributed by atoms with Gasteiger partial charge < -0.3 is 14.8 Å². The van der Waals surface area contributed by atoms with Gasteiger partial charge in [-0.2, -0.15) is 4.98 Å². The largest absolute Gasteiger partial charge is 0.340 e. The van der Waals surface area contributed by atoms with Crippen molar-refractivity contribution in [3.63, 3.8) is 0 Å². The summed E-state index contributed by atoms with van der Waals surface area (Å²) in [5.41, 5.74) is 1.13. The van der Waals surface area contributed by atoms with Crippen LogP contribution in [-0.2, 0) is 20.1 Å². The van der Waals surface area contributed by atoms with Crippen LogP contribution in [0.2, 0.25) is 0 Å². The van der Waals surface area contributed by atoms with Crippen molar-refractivity contribution in [2.45, 2.75) is 26.9 Å². The van der Waals surface area contributed by atoms with Crippen LogP contribution in [-0.4, -0.2) is 44.9 Å². The maximum absolute atomic E-state index is 14.2. The van der Waals surface area contributed by atoms with E-state index in [9.17, 15) is 14.0 Å². The highest BCUT2D eigenvalue weighted by Crippen LogP contribution is 2.21. The average Bonchev–Trinajstić information content (AvgIpc) is 3.15. The second-order valence-corrected chi connectivity index (χ2v) is 8.04. The molecule has 2 aromatic heterocycles. The monoisotopic (exact) mass is 426 g/mol. The van der Waals surface area contributed by atoms with Crippen molar-refractivity contribution in [2.75, 3.05) is 31.1 Å². The van der Waals surface area contributed by atoms with Crippen molar-refractivity contribution >= 4 is 17.1 Å². The highest BCUT2D eigenvalue weighted by molar-refractivity contribution is 5.74. The molecule has 0 saturated carbocycles. The Kier molecular flexibility index (Phi) is 5.77. The molecule has 1 aliphatic rings. The molecule has 3 heterocycles. The highest BCUT2D eigenvalue weighted by Gasteiger charge is 2.24. The van der Waals surface area contributed by atoms with E-state index in [0.717, 1.165) is 36.3 Å². The summed E-state index contributed by atoms with van der Waals surface area (Å²) in [6, 6.07) is 6.17. The number of fused-ring (bicyclic) bond motifs is 1. The van der Waals surface area contributed by atoms with Crippen LogP contribution < -0.4 is 21.5 Å². The first-order valence-corrected chi connectivity index (χ1v) is 10.4. The van der Waals surface area contributed by atoms with Gasteiger partial charge in [0.15, 0.2) is 11.2 Å². The number of aryl methyl sites for hydroxylation is 1. The van der Waals surface area contributed by atoms with E-state index in [1.165, 1.54) is 10.6 Å². The molecule has 164 valence electrons. The van der Waals surface area contributed by atoms with Gasteiger partial charge in [-0.1, -0.05) is 29.8 Å². The summed E-state index contributed by atoms with van der Waals surface area (Å²) in [4.78, 5) is 33.3. The van der Waals surface area contributed by atoms with Gasteiger partial charge in [-0.05, 0) is 19.9 Å². The standard InChI is InChI=1S/C22H27FN6O2/c1-15(2)8-11-28-18-19(25-21(28)27-12-9-24-10-13-27)26(3)22(31)29(20(18)30)14-16-6-4-5-7-17(16)23/h4-8,24H,9-14H2,1-3H3. The van der Waals surface area contributed by atoms with Gasteiger partial charge in [0.1, 0.15) is 5.82 Å². The minimum atomic E-state index is -0.514. The van der Waals surface area contributed by atoms with E-state index in [4.69, 9.17) is 4.98 Å². The molecule has 0 unspecified atom stereocenters. The van der Waals surface area contributed by atoms with Crippen LogP contribution in [0, 0.1) is 5.82 Å². The summed E-state index contributed by atoms with van der Waals surface area (Å²) in [5.74, 6) is 0.223. The van der Waals surface area contributed by atoms with Crippen molar-refractivity contribution in [1.29, 1.82) is 0 Å². The Morgan fingerprint density at radius 1 is 1.16 bits per heavy atom. The first-order chi connectivity index (χ1) is 14.9. The van der Waals surface area contributed by atoms with E-state index in [2.05, 4.69) is 10.2 Å². The third-order valence-corrected chi connectivity index (χ3v) is 5.58. The van der Waals surface area contributed by atoms with Gasteiger partial charge in [0.25, 0.3) is 5.56 Å². The molecular formula is C22H27FN6O2.